The van der Waals surface area contributed by atoms with Crippen LogP contribution in [0.1, 0.15) is 13.3 Å². The standard InChI is InChI=1S/C8H12N4OS/c1-3-4-6(2)10-8(13)11-7-5-9-12-14-7/h3,5-6H,1,4H2,2H3,(H2,10,11,13)/t6-/m1/s1. The minimum atomic E-state index is -0.245. The number of carbonyl (C=O) groups is 1. The van der Waals surface area contributed by atoms with E-state index < -0.39 is 0 Å². The smallest absolute Gasteiger partial charge is 0.320 e. The molecule has 2 amide bonds. The van der Waals surface area contributed by atoms with E-state index in [1.807, 2.05) is 6.92 Å². The summed E-state index contributed by atoms with van der Waals surface area (Å²) in [7, 11) is 0. The molecule has 0 aliphatic heterocycles. The molecule has 0 saturated heterocycles. The Balaban J connectivity index is 2.32. The van der Waals surface area contributed by atoms with Crippen LogP contribution in [0.4, 0.5) is 9.80 Å². The van der Waals surface area contributed by atoms with Gasteiger partial charge in [0.05, 0.1) is 6.20 Å². The van der Waals surface area contributed by atoms with E-state index in [2.05, 4.69) is 26.8 Å². The minimum Gasteiger partial charge on any atom is -0.335 e. The second kappa shape index (κ2) is 5.33. The maximum Gasteiger partial charge on any atom is 0.320 e. The molecule has 14 heavy (non-hydrogen) atoms. The highest BCUT2D eigenvalue weighted by atomic mass is 32.1. The van der Waals surface area contributed by atoms with Crippen molar-refractivity contribution in [3.05, 3.63) is 18.9 Å². The third-order valence-corrected chi connectivity index (χ3v) is 2.08. The predicted octanol–water partition coefficient (Wildman–Crippen LogP) is 1.62. The summed E-state index contributed by atoms with van der Waals surface area (Å²) in [6.07, 6.45) is 4.01. The van der Waals surface area contributed by atoms with Gasteiger partial charge < -0.3 is 5.32 Å². The lowest BCUT2D eigenvalue weighted by Crippen LogP contribution is -2.35. The maximum absolute atomic E-state index is 11.3. The van der Waals surface area contributed by atoms with Crippen molar-refractivity contribution < 1.29 is 4.79 Å². The van der Waals surface area contributed by atoms with Gasteiger partial charge in [-0.15, -0.1) is 11.7 Å². The van der Waals surface area contributed by atoms with Gasteiger partial charge >= 0.3 is 6.03 Å². The van der Waals surface area contributed by atoms with Crippen LogP contribution >= 0.6 is 11.5 Å². The Bertz CT molecular complexity index is 298. The molecular weight excluding hydrogens is 200 g/mol. The van der Waals surface area contributed by atoms with E-state index in [9.17, 15) is 4.79 Å². The lowest BCUT2D eigenvalue weighted by Gasteiger charge is -2.11. The molecule has 1 aromatic rings. The summed E-state index contributed by atoms with van der Waals surface area (Å²) >= 11 is 1.14. The van der Waals surface area contributed by atoms with E-state index >= 15 is 0 Å². The number of hydrogen-bond acceptors (Lipinski definition) is 4. The SMILES string of the molecule is C=CC[C@@H](C)NC(=O)Nc1cnns1. The van der Waals surface area contributed by atoms with Gasteiger partial charge in [-0.1, -0.05) is 10.6 Å². The minimum absolute atomic E-state index is 0.0772. The first-order valence-electron chi connectivity index (χ1n) is 4.18. The molecule has 5 nitrogen and oxygen atoms in total. The Labute approximate surface area is 86.4 Å². The summed E-state index contributed by atoms with van der Waals surface area (Å²) in [5.74, 6) is 0. The van der Waals surface area contributed by atoms with Crippen molar-refractivity contribution in [2.75, 3.05) is 5.32 Å². The molecule has 0 bridgehead atoms. The second-order valence-corrected chi connectivity index (χ2v) is 3.59. The molecule has 0 fully saturated rings. The number of anilines is 1. The van der Waals surface area contributed by atoms with Crippen molar-refractivity contribution in [2.24, 2.45) is 0 Å². The van der Waals surface area contributed by atoms with E-state index in [1.54, 1.807) is 6.08 Å². The molecular formula is C8H12N4OS. The largest absolute Gasteiger partial charge is 0.335 e. The van der Waals surface area contributed by atoms with Crippen molar-refractivity contribution in [2.45, 2.75) is 19.4 Å². The molecule has 0 spiro atoms. The molecule has 76 valence electrons. The zero-order chi connectivity index (χ0) is 10.4. The lowest BCUT2D eigenvalue weighted by atomic mass is 10.2. The Hall–Kier alpha value is -1.43. The summed E-state index contributed by atoms with van der Waals surface area (Å²) in [4.78, 5) is 11.3. The normalized spacial score (nSPS) is 11.8. The van der Waals surface area contributed by atoms with Crippen LogP contribution in [0.2, 0.25) is 0 Å². The topological polar surface area (TPSA) is 66.9 Å². The zero-order valence-electron chi connectivity index (χ0n) is 7.86. The van der Waals surface area contributed by atoms with Crippen LogP contribution in [-0.2, 0) is 0 Å². The molecule has 0 unspecified atom stereocenters. The average molecular weight is 212 g/mol. The highest BCUT2D eigenvalue weighted by molar-refractivity contribution is 7.10. The van der Waals surface area contributed by atoms with Crippen LogP contribution in [-0.4, -0.2) is 21.7 Å². The average Bonchev–Trinajstić information content (AvgIpc) is 2.56. The van der Waals surface area contributed by atoms with Gasteiger partial charge in [-0.2, -0.15) is 0 Å². The van der Waals surface area contributed by atoms with Gasteiger partial charge in [0.1, 0.15) is 5.00 Å². The Morgan fingerprint density at radius 1 is 1.86 bits per heavy atom. The van der Waals surface area contributed by atoms with Crippen molar-refractivity contribution in [1.29, 1.82) is 0 Å². The lowest BCUT2D eigenvalue weighted by molar-refractivity contribution is 0.249. The van der Waals surface area contributed by atoms with Crippen LogP contribution in [0, 0.1) is 0 Å². The first-order valence-corrected chi connectivity index (χ1v) is 4.95. The maximum atomic E-state index is 11.3. The van der Waals surface area contributed by atoms with E-state index in [0.717, 1.165) is 18.0 Å². The molecule has 0 aliphatic rings. The molecule has 1 aromatic heterocycles. The van der Waals surface area contributed by atoms with Crippen LogP contribution in [0.15, 0.2) is 18.9 Å². The number of aromatic nitrogens is 2. The monoisotopic (exact) mass is 212 g/mol. The highest BCUT2D eigenvalue weighted by Crippen LogP contribution is 2.08. The molecule has 1 rings (SSSR count). The first-order chi connectivity index (χ1) is 6.72. The highest BCUT2D eigenvalue weighted by Gasteiger charge is 2.06. The summed E-state index contributed by atoms with van der Waals surface area (Å²) in [6.45, 7) is 5.50. The number of amides is 2. The Morgan fingerprint density at radius 3 is 3.21 bits per heavy atom. The number of rotatable bonds is 4. The van der Waals surface area contributed by atoms with Crippen molar-refractivity contribution in [1.82, 2.24) is 14.9 Å². The molecule has 1 heterocycles. The molecule has 0 radical (unpaired) electrons. The second-order valence-electron chi connectivity index (χ2n) is 2.81. The molecule has 6 heteroatoms. The third-order valence-electron chi connectivity index (χ3n) is 1.50. The van der Waals surface area contributed by atoms with E-state index in [0.29, 0.717) is 5.00 Å². The quantitative estimate of drug-likeness (QED) is 0.745. The summed E-state index contributed by atoms with van der Waals surface area (Å²) in [6, 6.07) is -0.168. The Kier molecular flexibility index (Phi) is 4.06. The van der Waals surface area contributed by atoms with E-state index in [1.165, 1.54) is 6.20 Å². The zero-order valence-corrected chi connectivity index (χ0v) is 8.67. The Morgan fingerprint density at radius 2 is 2.64 bits per heavy atom. The van der Waals surface area contributed by atoms with E-state index in [4.69, 9.17) is 0 Å². The number of urea groups is 1. The number of hydrogen-bond donors (Lipinski definition) is 2. The van der Waals surface area contributed by atoms with Gasteiger partial charge in [0.25, 0.3) is 0 Å². The van der Waals surface area contributed by atoms with E-state index in [-0.39, 0.29) is 12.1 Å². The number of nitrogens with one attached hydrogen (secondary N) is 2. The summed E-state index contributed by atoms with van der Waals surface area (Å²) in [5.41, 5.74) is 0. The molecule has 0 aliphatic carbocycles. The first kappa shape index (κ1) is 10.6. The fourth-order valence-electron chi connectivity index (χ4n) is 0.903. The van der Waals surface area contributed by atoms with Gasteiger partial charge in [-0.25, -0.2) is 4.79 Å². The number of carbonyl (C=O) groups excluding carboxylic acids is 1. The molecule has 0 saturated carbocycles. The van der Waals surface area contributed by atoms with Gasteiger partial charge in [0.15, 0.2) is 0 Å². The van der Waals surface area contributed by atoms with Gasteiger partial charge in [-0.3, -0.25) is 5.32 Å². The molecule has 1 atom stereocenters. The predicted molar refractivity (Wildman–Crippen MR) is 56.3 cm³/mol. The van der Waals surface area contributed by atoms with Crippen LogP contribution in [0.3, 0.4) is 0 Å². The van der Waals surface area contributed by atoms with Crippen LogP contribution in [0.5, 0.6) is 0 Å². The third kappa shape index (κ3) is 3.53. The summed E-state index contributed by atoms with van der Waals surface area (Å²) in [5, 5.41) is 9.60. The fraction of sp³-hybridized carbons (Fsp3) is 0.375. The van der Waals surface area contributed by atoms with Crippen LogP contribution < -0.4 is 10.6 Å². The van der Waals surface area contributed by atoms with Crippen molar-refractivity contribution >= 4 is 22.6 Å². The molecule has 2 N–H and O–H groups in total. The molecule has 0 aromatic carbocycles. The fourth-order valence-corrected chi connectivity index (χ4v) is 1.32. The van der Waals surface area contributed by atoms with Crippen molar-refractivity contribution in [3.63, 3.8) is 0 Å². The number of nitrogens with zero attached hydrogens (tertiary/aromatic N) is 2. The van der Waals surface area contributed by atoms with Gasteiger partial charge in [0, 0.05) is 17.6 Å². The van der Waals surface area contributed by atoms with Gasteiger partial charge in [0.2, 0.25) is 0 Å². The summed E-state index contributed by atoms with van der Waals surface area (Å²) < 4.78 is 3.62. The van der Waals surface area contributed by atoms with Gasteiger partial charge in [-0.05, 0) is 13.3 Å². The van der Waals surface area contributed by atoms with Crippen molar-refractivity contribution in [3.8, 4) is 0 Å². The van der Waals surface area contributed by atoms with Crippen LogP contribution in [0.25, 0.3) is 0 Å².